The Kier molecular flexibility index (Phi) is 7.68. The molecule has 4 nitrogen and oxygen atoms in total. The number of ether oxygens (including phenoxy) is 2. The topological polar surface area (TPSA) is 41.9 Å². The maximum Gasteiger partial charge on any atom is 0.123 e. The molecular weight excluding hydrogens is 381 g/mol. The molecule has 1 aliphatic rings. The Labute approximate surface area is 170 Å². The number of aliphatic hydroxyl groups excluding tert-OH is 1. The first kappa shape index (κ1) is 21.1. The molecule has 1 N–H and O–H groups in total. The van der Waals surface area contributed by atoms with Gasteiger partial charge in [-0.25, -0.2) is 4.39 Å². The normalized spacial score (nSPS) is 17.8. The summed E-state index contributed by atoms with van der Waals surface area (Å²) in [6.45, 7) is 4.53. The maximum atomic E-state index is 13.5. The number of halogens is 2. The number of nitrogens with zero attached hydrogens (tertiary/aromatic N) is 1. The zero-order chi connectivity index (χ0) is 19.9. The Balaban J connectivity index is 1.57. The minimum absolute atomic E-state index is 0.153. The fourth-order valence-electron chi connectivity index (χ4n) is 3.42. The molecule has 2 unspecified atom stereocenters. The lowest BCUT2D eigenvalue weighted by atomic mass is 10.1. The third-order valence-electron chi connectivity index (χ3n) is 4.82. The van der Waals surface area contributed by atoms with Crippen LogP contribution in [0.2, 0.25) is 5.02 Å². The van der Waals surface area contributed by atoms with E-state index in [4.69, 9.17) is 21.1 Å². The molecule has 1 heterocycles. The third kappa shape index (κ3) is 6.45. The first-order valence-corrected chi connectivity index (χ1v) is 10.0. The van der Waals surface area contributed by atoms with E-state index in [0.29, 0.717) is 30.4 Å². The summed E-state index contributed by atoms with van der Waals surface area (Å²) < 4.78 is 25.0. The van der Waals surface area contributed by atoms with Gasteiger partial charge in [0.2, 0.25) is 0 Å². The van der Waals surface area contributed by atoms with Crippen LogP contribution in [0.3, 0.4) is 0 Å². The van der Waals surface area contributed by atoms with Gasteiger partial charge in [0.1, 0.15) is 24.3 Å². The van der Waals surface area contributed by atoms with Gasteiger partial charge in [0, 0.05) is 31.3 Å². The highest BCUT2D eigenvalue weighted by molar-refractivity contribution is 6.31. The molecule has 1 saturated heterocycles. The van der Waals surface area contributed by atoms with Gasteiger partial charge in [-0.05, 0) is 61.2 Å². The van der Waals surface area contributed by atoms with E-state index in [1.807, 2.05) is 19.1 Å². The molecular formula is C22H27ClFNO3. The predicted molar refractivity (Wildman–Crippen MR) is 108 cm³/mol. The fourth-order valence-corrected chi connectivity index (χ4v) is 3.54. The van der Waals surface area contributed by atoms with Crippen molar-refractivity contribution in [2.45, 2.75) is 38.5 Å². The Morgan fingerprint density at radius 3 is 2.89 bits per heavy atom. The lowest BCUT2D eigenvalue weighted by molar-refractivity contribution is 0.0313. The number of hydrogen-bond acceptors (Lipinski definition) is 4. The summed E-state index contributed by atoms with van der Waals surface area (Å²) in [5.41, 5.74) is 1.80. The molecule has 28 heavy (non-hydrogen) atoms. The van der Waals surface area contributed by atoms with Crippen molar-refractivity contribution in [3.63, 3.8) is 0 Å². The first-order chi connectivity index (χ1) is 13.5. The van der Waals surface area contributed by atoms with Gasteiger partial charge in [-0.15, -0.1) is 0 Å². The van der Waals surface area contributed by atoms with Crippen LogP contribution in [-0.2, 0) is 11.3 Å². The molecule has 1 aliphatic heterocycles. The quantitative estimate of drug-likeness (QED) is 0.676. The van der Waals surface area contributed by atoms with Crippen molar-refractivity contribution < 1.29 is 19.0 Å². The van der Waals surface area contributed by atoms with Gasteiger partial charge in [-0.3, -0.25) is 4.90 Å². The zero-order valence-electron chi connectivity index (χ0n) is 16.1. The first-order valence-electron chi connectivity index (χ1n) is 9.65. The van der Waals surface area contributed by atoms with Gasteiger partial charge >= 0.3 is 0 Å². The molecule has 3 rings (SSSR count). The van der Waals surface area contributed by atoms with Gasteiger partial charge in [0.15, 0.2) is 0 Å². The minimum Gasteiger partial charge on any atom is -0.491 e. The summed E-state index contributed by atoms with van der Waals surface area (Å²) in [5, 5.41) is 11.2. The van der Waals surface area contributed by atoms with Gasteiger partial charge < -0.3 is 14.6 Å². The molecule has 0 spiro atoms. The number of rotatable bonds is 9. The van der Waals surface area contributed by atoms with E-state index in [-0.39, 0.29) is 18.5 Å². The van der Waals surface area contributed by atoms with Crippen LogP contribution in [-0.4, -0.2) is 48.5 Å². The summed E-state index contributed by atoms with van der Waals surface area (Å²) in [4.78, 5) is 2.10. The summed E-state index contributed by atoms with van der Waals surface area (Å²) >= 11 is 6.03. The van der Waals surface area contributed by atoms with Gasteiger partial charge in [0.05, 0.1) is 6.10 Å². The number of aliphatic hydroxyl groups is 1. The molecule has 2 aromatic rings. The number of benzene rings is 2. The lowest BCUT2D eigenvalue weighted by Gasteiger charge is -2.27. The summed E-state index contributed by atoms with van der Waals surface area (Å²) in [6.07, 6.45) is 1.54. The highest BCUT2D eigenvalue weighted by Crippen LogP contribution is 2.21. The average molecular weight is 408 g/mol. The predicted octanol–water partition coefficient (Wildman–Crippen LogP) is 4.21. The molecule has 6 heteroatoms. The van der Waals surface area contributed by atoms with Crippen LogP contribution in [0.15, 0.2) is 42.5 Å². The molecule has 152 valence electrons. The van der Waals surface area contributed by atoms with Crippen LogP contribution < -0.4 is 4.74 Å². The van der Waals surface area contributed by atoms with E-state index in [1.54, 1.807) is 18.2 Å². The van der Waals surface area contributed by atoms with Crippen molar-refractivity contribution in [3.8, 4) is 5.75 Å². The molecule has 2 aromatic carbocycles. The van der Waals surface area contributed by atoms with Crippen LogP contribution in [0.1, 0.15) is 24.0 Å². The molecule has 0 saturated carbocycles. The maximum absolute atomic E-state index is 13.5. The molecule has 1 fully saturated rings. The van der Waals surface area contributed by atoms with Crippen molar-refractivity contribution in [2.75, 3.05) is 26.3 Å². The van der Waals surface area contributed by atoms with Crippen LogP contribution in [0, 0.1) is 12.7 Å². The largest absolute Gasteiger partial charge is 0.491 e. The number of hydrogen-bond donors (Lipinski definition) is 1. The molecule has 0 aliphatic carbocycles. The lowest BCUT2D eigenvalue weighted by Crippen LogP contribution is -2.39. The van der Waals surface area contributed by atoms with Gasteiger partial charge in [0.25, 0.3) is 0 Å². The van der Waals surface area contributed by atoms with E-state index in [1.165, 1.54) is 12.1 Å². The highest BCUT2D eigenvalue weighted by Gasteiger charge is 2.21. The summed E-state index contributed by atoms with van der Waals surface area (Å²) in [6, 6.07) is 12.0. The Morgan fingerprint density at radius 1 is 1.32 bits per heavy atom. The molecule has 0 bridgehead atoms. The van der Waals surface area contributed by atoms with E-state index < -0.39 is 6.10 Å². The molecule has 0 aromatic heterocycles. The third-order valence-corrected chi connectivity index (χ3v) is 5.25. The summed E-state index contributed by atoms with van der Waals surface area (Å²) in [7, 11) is 0. The SMILES string of the molecule is Cc1cc(OCC(O)CN(Cc2cccc(F)c2)CC2CCCO2)ccc1Cl. The Morgan fingerprint density at radius 2 is 2.18 bits per heavy atom. The average Bonchev–Trinajstić information content (AvgIpc) is 3.16. The van der Waals surface area contributed by atoms with Crippen LogP contribution in [0.4, 0.5) is 4.39 Å². The fraction of sp³-hybridized carbons (Fsp3) is 0.455. The van der Waals surface area contributed by atoms with Crippen LogP contribution in [0.25, 0.3) is 0 Å². The van der Waals surface area contributed by atoms with Crippen molar-refractivity contribution in [3.05, 3.63) is 64.4 Å². The van der Waals surface area contributed by atoms with Gasteiger partial charge in [-0.1, -0.05) is 23.7 Å². The van der Waals surface area contributed by atoms with Crippen molar-refractivity contribution in [1.29, 1.82) is 0 Å². The second-order valence-electron chi connectivity index (χ2n) is 7.33. The van der Waals surface area contributed by atoms with Crippen LogP contribution in [0.5, 0.6) is 5.75 Å². The van der Waals surface area contributed by atoms with Crippen LogP contribution >= 0.6 is 11.6 Å². The summed E-state index contributed by atoms with van der Waals surface area (Å²) in [5.74, 6) is 0.424. The second-order valence-corrected chi connectivity index (χ2v) is 7.74. The zero-order valence-corrected chi connectivity index (χ0v) is 16.9. The molecule has 0 radical (unpaired) electrons. The monoisotopic (exact) mass is 407 g/mol. The standard InChI is InChI=1S/C22H27ClFNO3/c1-16-10-20(7-8-22(16)23)28-15-19(26)13-25(14-21-6-3-9-27-21)12-17-4-2-5-18(24)11-17/h2,4-5,7-8,10-11,19,21,26H,3,6,9,12-15H2,1H3. The van der Waals surface area contributed by atoms with Crippen molar-refractivity contribution in [1.82, 2.24) is 4.90 Å². The highest BCUT2D eigenvalue weighted by atomic mass is 35.5. The van der Waals surface area contributed by atoms with E-state index >= 15 is 0 Å². The minimum atomic E-state index is -0.675. The van der Waals surface area contributed by atoms with Crippen molar-refractivity contribution >= 4 is 11.6 Å². The van der Waals surface area contributed by atoms with E-state index in [0.717, 1.165) is 30.6 Å². The van der Waals surface area contributed by atoms with E-state index in [9.17, 15) is 9.50 Å². The van der Waals surface area contributed by atoms with E-state index in [2.05, 4.69) is 4.90 Å². The van der Waals surface area contributed by atoms with Crippen molar-refractivity contribution in [2.24, 2.45) is 0 Å². The Hall–Kier alpha value is -1.66. The second kappa shape index (κ2) is 10.2. The smallest absolute Gasteiger partial charge is 0.123 e. The van der Waals surface area contributed by atoms with Gasteiger partial charge in [-0.2, -0.15) is 0 Å². The number of aryl methyl sites for hydroxylation is 1. The molecule has 0 amide bonds. The Bertz CT molecular complexity index is 767. The molecule has 2 atom stereocenters.